The highest BCUT2D eigenvalue weighted by molar-refractivity contribution is 7.92. The van der Waals surface area contributed by atoms with E-state index in [2.05, 4.69) is 9.82 Å². The monoisotopic (exact) mass is 413 g/mol. The fraction of sp³-hybridized carbons (Fsp3) is 0.105. The van der Waals surface area contributed by atoms with Crippen LogP contribution < -0.4 is 15.4 Å². The van der Waals surface area contributed by atoms with Gasteiger partial charge >= 0.3 is 0 Å². The fourth-order valence-electron chi connectivity index (χ4n) is 2.58. The summed E-state index contributed by atoms with van der Waals surface area (Å²) in [5.41, 5.74) is 6.56. The van der Waals surface area contributed by atoms with Crippen molar-refractivity contribution in [2.75, 3.05) is 16.7 Å². The quantitative estimate of drug-likeness (QED) is 0.636. The second-order valence-electron chi connectivity index (χ2n) is 6.20. The summed E-state index contributed by atoms with van der Waals surface area (Å²) in [6, 6.07) is 14.0. The predicted octanol–water partition coefficient (Wildman–Crippen LogP) is 1.75. The van der Waals surface area contributed by atoms with Gasteiger partial charge in [0.2, 0.25) is 5.91 Å². The molecule has 0 unspecified atom stereocenters. The van der Waals surface area contributed by atoms with Crippen LogP contribution in [-0.2, 0) is 14.8 Å². The molecule has 1 aromatic heterocycles. The predicted molar refractivity (Wildman–Crippen MR) is 108 cm³/mol. The van der Waals surface area contributed by atoms with Gasteiger partial charge in [-0.15, -0.1) is 0 Å². The van der Waals surface area contributed by atoms with Gasteiger partial charge in [0.1, 0.15) is 5.69 Å². The first-order chi connectivity index (χ1) is 13.7. The highest BCUT2D eigenvalue weighted by atomic mass is 32.2. The Kier molecular flexibility index (Phi) is 5.37. The summed E-state index contributed by atoms with van der Waals surface area (Å²) in [5.74, 6) is -0.848. The van der Waals surface area contributed by atoms with E-state index < -0.39 is 15.9 Å². The zero-order chi connectivity index (χ0) is 21.2. The lowest BCUT2D eigenvalue weighted by atomic mass is 10.3. The van der Waals surface area contributed by atoms with Gasteiger partial charge in [-0.25, -0.2) is 13.1 Å². The van der Waals surface area contributed by atoms with Gasteiger partial charge in [0.25, 0.3) is 15.9 Å². The first kappa shape index (κ1) is 20.1. The summed E-state index contributed by atoms with van der Waals surface area (Å²) < 4.78 is 29.5. The van der Waals surface area contributed by atoms with Crippen molar-refractivity contribution in [2.45, 2.75) is 11.8 Å². The van der Waals surface area contributed by atoms with Crippen molar-refractivity contribution < 1.29 is 18.0 Å². The summed E-state index contributed by atoms with van der Waals surface area (Å²) in [7, 11) is -2.30. The molecule has 3 aromatic rings. The van der Waals surface area contributed by atoms with Gasteiger partial charge in [-0.1, -0.05) is 12.1 Å². The van der Waals surface area contributed by atoms with Crippen molar-refractivity contribution >= 4 is 33.2 Å². The number of anilines is 2. The van der Waals surface area contributed by atoms with Crippen molar-refractivity contribution in [2.24, 2.45) is 5.73 Å². The summed E-state index contributed by atoms with van der Waals surface area (Å²) in [6.07, 6.45) is 1.51. The molecular weight excluding hydrogens is 394 g/mol. The number of benzene rings is 2. The van der Waals surface area contributed by atoms with E-state index >= 15 is 0 Å². The van der Waals surface area contributed by atoms with E-state index in [1.165, 1.54) is 40.9 Å². The molecule has 0 bridgehead atoms. The number of aromatic nitrogens is 2. The maximum atomic E-state index is 12.8. The number of rotatable bonds is 6. The summed E-state index contributed by atoms with van der Waals surface area (Å²) in [5, 5.41) is 4.06. The number of carbonyl (C=O) groups excluding carboxylic acids is 2. The SMILES string of the molecule is CC(=O)N(C)c1ccc(S(=O)(=O)Nc2ccccc2-n2ccc(C(N)=O)n2)cc1. The van der Waals surface area contributed by atoms with E-state index in [0.29, 0.717) is 11.4 Å². The van der Waals surface area contributed by atoms with Crippen LogP contribution in [0.1, 0.15) is 17.4 Å². The molecule has 29 heavy (non-hydrogen) atoms. The Hall–Kier alpha value is -3.66. The van der Waals surface area contributed by atoms with Crippen molar-refractivity contribution in [1.82, 2.24) is 9.78 Å². The third-order valence-corrected chi connectivity index (χ3v) is 5.62. The second-order valence-corrected chi connectivity index (χ2v) is 7.89. The number of nitrogens with two attached hydrogens (primary N) is 1. The Morgan fingerprint density at radius 3 is 2.31 bits per heavy atom. The number of sulfonamides is 1. The van der Waals surface area contributed by atoms with Crippen LogP contribution in [-0.4, -0.2) is 37.1 Å². The first-order valence-electron chi connectivity index (χ1n) is 8.51. The molecule has 0 fully saturated rings. The molecule has 3 rings (SSSR count). The second kappa shape index (κ2) is 7.76. The first-order valence-corrected chi connectivity index (χ1v) is 9.99. The number of nitrogens with one attached hydrogen (secondary N) is 1. The van der Waals surface area contributed by atoms with Gasteiger partial charge in [0, 0.05) is 25.9 Å². The minimum absolute atomic E-state index is 0.0336. The molecule has 0 atom stereocenters. The molecule has 0 radical (unpaired) electrons. The molecule has 0 aliphatic rings. The van der Waals surface area contributed by atoms with Gasteiger partial charge < -0.3 is 10.6 Å². The van der Waals surface area contributed by atoms with E-state index in [4.69, 9.17) is 5.73 Å². The van der Waals surface area contributed by atoms with Crippen LogP contribution in [0.2, 0.25) is 0 Å². The van der Waals surface area contributed by atoms with Gasteiger partial charge in [0.15, 0.2) is 0 Å². The van der Waals surface area contributed by atoms with Gasteiger partial charge in [-0.2, -0.15) is 5.10 Å². The molecule has 3 N–H and O–H groups in total. The molecule has 2 amide bonds. The van der Waals surface area contributed by atoms with Crippen molar-refractivity contribution in [3.05, 3.63) is 66.5 Å². The topological polar surface area (TPSA) is 127 Å². The smallest absolute Gasteiger partial charge is 0.269 e. The number of nitrogens with zero attached hydrogens (tertiary/aromatic N) is 3. The van der Waals surface area contributed by atoms with Crippen LogP contribution in [0.25, 0.3) is 5.69 Å². The Labute approximate surface area is 167 Å². The molecule has 1 heterocycles. The fourth-order valence-corrected chi connectivity index (χ4v) is 3.66. The molecule has 10 heteroatoms. The molecule has 2 aromatic carbocycles. The maximum absolute atomic E-state index is 12.8. The molecule has 0 saturated carbocycles. The minimum Gasteiger partial charge on any atom is -0.364 e. The van der Waals surface area contributed by atoms with Crippen LogP contribution in [0.15, 0.2) is 65.7 Å². The third kappa shape index (κ3) is 4.27. The lowest BCUT2D eigenvalue weighted by Crippen LogP contribution is -2.22. The van der Waals surface area contributed by atoms with Gasteiger partial charge in [0.05, 0.1) is 16.3 Å². The van der Waals surface area contributed by atoms with E-state index in [1.807, 2.05) is 0 Å². The average Bonchev–Trinajstić information content (AvgIpc) is 3.18. The lowest BCUT2D eigenvalue weighted by molar-refractivity contribution is -0.116. The molecule has 0 saturated heterocycles. The summed E-state index contributed by atoms with van der Waals surface area (Å²) >= 11 is 0. The molecule has 0 aliphatic carbocycles. The highest BCUT2D eigenvalue weighted by Gasteiger charge is 2.18. The van der Waals surface area contributed by atoms with Crippen LogP contribution in [0, 0.1) is 0 Å². The number of hydrogen-bond acceptors (Lipinski definition) is 5. The summed E-state index contributed by atoms with van der Waals surface area (Å²) in [6.45, 7) is 1.42. The number of hydrogen-bond donors (Lipinski definition) is 2. The minimum atomic E-state index is -3.90. The zero-order valence-corrected chi connectivity index (χ0v) is 16.6. The molecule has 150 valence electrons. The Morgan fingerprint density at radius 2 is 1.72 bits per heavy atom. The van der Waals surface area contributed by atoms with Crippen molar-refractivity contribution in [3.8, 4) is 5.69 Å². The summed E-state index contributed by atoms with van der Waals surface area (Å²) in [4.78, 5) is 24.2. The number of amides is 2. The van der Waals surface area contributed by atoms with E-state index in [-0.39, 0.29) is 22.2 Å². The van der Waals surface area contributed by atoms with Crippen LogP contribution in [0.4, 0.5) is 11.4 Å². The molecular formula is C19H19N5O4S. The Morgan fingerprint density at radius 1 is 1.07 bits per heavy atom. The van der Waals surface area contributed by atoms with Gasteiger partial charge in [-0.3, -0.25) is 14.3 Å². The maximum Gasteiger partial charge on any atom is 0.269 e. The molecule has 0 aliphatic heterocycles. The Bertz CT molecular complexity index is 1170. The van der Waals surface area contributed by atoms with Crippen LogP contribution in [0.5, 0.6) is 0 Å². The normalized spacial score (nSPS) is 11.1. The van der Waals surface area contributed by atoms with Crippen molar-refractivity contribution in [3.63, 3.8) is 0 Å². The zero-order valence-electron chi connectivity index (χ0n) is 15.7. The van der Waals surface area contributed by atoms with Crippen LogP contribution in [0.3, 0.4) is 0 Å². The molecule has 0 spiro atoms. The molecule has 9 nitrogen and oxygen atoms in total. The largest absolute Gasteiger partial charge is 0.364 e. The third-order valence-electron chi connectivity index (χ3n) is 4.24. The Balaban J connectivity index is 1.91. The van der Waals surface area contributed by atoms with E-state index in [9.17, 15) is 18.0 Å². The number of primary amides is 1. The number of carbonyl (C=O) groups is 2. The standard InChI is InChI=1S/C19H19N5O4S/c1-13(25)23(2)14-7-9-15(10-8-14)29(27,28)22-16-5-3-4-6-18(16)24-12-11-17(21-24)19(20)26/h3-12,22H,1-2H3,(H2,20,26). The lowest BCUT2D eigenvalue weighted by Gasteiger charge is -2.16. The highest BCUT2D eigenvalue weighted by Crippen LogP contribution is 2.24. The van der Waals surface area contributed by atoms with Crippen LogP contribution >= 0.6 is 0 Å². The van der Waals surface area contributed by atoms with E-state index in [1.54, 1.807) is 43.4 Å². The number of para-hydroxylation sites is 2. The van der Waals surface area contributed by atoms with Crippen molar-refractivity contribution in [1.29, 1.82) is 0 Å². The average molecular weight is 413 g/mol. The van der Waals surface area contributed by atoms with Gasteiger partial charge in [-0.05, 0) is 42.5 Å². The van der Waals surface area contributed by atoms with E-state index in [0.717, 1.165) is 0 Å².